The Morgan fingerprint density at radius 2 is 1.93 bits per heavy atom. The van der Waals surface area contributed by atoms with Crippen LogP contribution in [0.4, 0.5) is 0 Å². The van der Waals surface area contributed by atoms with E-state index in [4.69, 9.17) is 0 Å². The lowest BCUT2D eigenvalue weighted by Gasteiger charge is -2.01. The van der Waals surface area contributed by atoms with Crippen molar-refractivity contribution in [1.29, 1.82) is 0 Å². The van der Waals surface area contributed by atoms with E-state index in [-0.39, 0.29) is 11.4 Å². The number of nitro groups is 1. The molecule has 0 spiro atoms. The van der Waals surface area contributed by atoms with E-state index in [0.29, 0.717) is 14.5 Å². The molecule has 0 heterocycles. The Hall–Kier alpha value is -0.880. The summed E-state index contributed by atoms with van der Waals surface area (Å²) in [6, 6.07) is 3.21. The fourth-order valence-corrected chi connectivity index (χ4v) is 2.18. The zero-order valence-corrected chi connectivity index (χ0v) is 10.9. The van der Waals surface area contributed by atoms with Crippen LogP contribution < -0.4 is 0 Å². The molecule has 0 aliphatic carbocycles. The SMILES string of the molecule is C/C(=C\c1cc(Br)c(O)c(Br)c1)[N+](=O)[O-]. The van der Waals surface area contributed by atoms with Gasteiger partial charge < -0.3 is 5.11 Å². The Balaban J connectivity index is 3.18. The first kappa shape index (κ1) is 12.2. The molecule has 6 heteroatoms. The van der Waals surface area contributed by atoms with Crippen molar-refractivity contribution in [3.63, 3.8) is 0 Å². The highest BCUT2D eigenvalue weighted by atomic mass is 79.9. The van der Waals surface area contributed by atoms with Crippen LogP contribution in [0, 0.1) is 10.1 Å². The summed E-state index contributed by atoms with van der Waals surface area (Å²) >= 11 is 6.29. The number of phenolic OH excluding ortho intramolecular Hbond substituents is 1. The fraction of sp³-hybridized carbons (Fsp3) is 0.111. The van der Waals surface area contributed by atoms with E-state index >= 15 is 0 Å². The smallest absolute Gasteiger partial charge is 0.243 e. The zero-order valence-electron chi connectivity index (χ0n) is 7.70. The van der Waals surface area contributed by atoms with Gasteiger partial charge in [0.2, 0.25) is 5.70 Å². The highest BCUT2D eigenvalue weighted by Gasteiger charge is 2.07. The fourth-order valence-electron chi connectivity index (χ4n) is 0.962. The summed E-state index contributed by atoms with van der Waals surface area (Å²) in [4.78, 5) is 9.94. The summed E-state index contributed by atoms with van der Waals surface area (Å²) in [7, 11) is 0. The highest BCUT2D eigenvalue weighted by Crippen LogP contribution is 2.33. The lowest BCUT2D eigenvalue weighted by Crippen LogP contribution is -1.93. The molecule has 0 aliphatic heterocycles. The predicted molar refractivity (Wildman–Crippen MR) is 64.2 cm³/mol. The average molecular weight is 337 g/mol. The summed E-state index contributed by atoms with van der Waals surface area (Å²) in [5, 5.41) is 19.8. The second kappa shape index (κ2) is 4.76. The number of allylic oxidation sites excluding steroid dienone is 1. The van der Waals surface area contributed by atoms with Crippen LogP contribution >= 0.6 is 31.9 Å². The number of nitrogens with zero attached hydrogens (tertiary/aromatic N) is 1. The quantitative estimate of drug-likeness (QED) is 0.663. The van der Waals surface area contributed by atoms with Crippen LogP contribution in [-0.4, -0.2) is 10.0 Å². The van der Waals surface area contributed by atoms with Crippen LogP contribution in [0.5, 0.6) is 5.75 Å². The van der Waals surface area contributed by atoms with Crippen LogP contribution in [0.15, 0.2) is 26.8 Å². The Bertz CT molecular complexity index is 420. The number of halogens is 2. The summed E-state index contributed by atoms with van der Waals surface area (Å²) < 4.78 is 0.971. The van der Waals surface area contributed by atoms with Gasteiger partial charge in [0.05, 0.1) is 13.9 Å². The van der Waals surface area contributed by atoms with Gasteiger partial charge in [-0.25, -0.2) is 0 Å². The molecule has 0 aliphatic rings. The molecule has 0 aromatic heterocycles. The molecule has 0 saturated carbocycles. The Morgan fingerprint density at radius 1 is 1.47 bits per heavy atom. The van der Waals surface area contributed by atoms with E-state index in [9.17, 15) is 15.2 Å². The first-order valence-corrected chi connectivity index (χ1v) is 5.51. The van der Waals surface area contributed by atoms with Crippen LogP contribution in [0.25, 0.3) is 6.08 Å². The van der Waals surface area contributed by atoms with Gasteiger partial charge >= 0.3 is 0 Å². The first-order valence-electron chi connectivity index (χ1n) is 3.92. The van der Waals surface area contributed by atoms with Gasteiger partial charge in [-0.1, -0.05) is 0 Å². The maximum absolute atomic E-state index is 10.4. The summed E-state index contributed by atoms with van der Waals surface area (Å²) in [5.41, 5.74) is 0.681. The molecule has 0 bridgehead atoms. The Morgan fingerprint density at radius 3 is 2.33 bits per heavy atom. The van der Waals surface area contributed by atoms with Crippen molar-refractivity contribution in [2.75, 3.05) is 0 Å². The van der Waals surface area contributed by atoms with Gasteiger partial charge in [0.25, 0.3) is 0 Å². The summed E-state index contributed by atoms with van der Waals surface area (Å²) in [5.74, 6) is 0.0749. The van der Waals surface area contributed by atoms with Gasteiger partial charge in [-0.15, -0.1) is 0 Å². The Kier molecular flexibility index (Phi) is 3.87. The van der Waals surface area contributed by atoms with Crippen molar-refractivity contribution >= 4 is 37.9 Å². The third-order valence-electron chi connectivity index (χ3n) is 1.70. The molecule has 4 nitrogen and oxygen atoms in total. The van der Waals surface area contributed by atoms with E-state index < -0.39 is 4.92 Å². The lowest BCUT2D eigenvalue weighted by molar-refractivity contribution is -0.422. The second-order valence-corrected chi connectivity index (χ2v) is 4.58. The molecule has 0 fully saturated rings. The van der Waals surface area contributed by atoms with Crippen molar-refractivity contribution in [3.05, 3.63) is 42.5 Å². The van der Waals surface area contributed by atoms with Crippen molar-refractivity contribution in [1.82, 2.24) is 0 Å². The van der Waals surface area contributed by atoms with E-state index in [1.807, 2.05) is 0 Å². The van der Waals surface area contributed by atoms with Crippen molar-refractivity contribution in [2.24, 2.45) is 0 Å². The predicted octanol–water partition coefficient (Wildman–Crippen LogP) is 3.55. The molecule has 0 amide bonds. The molecule has 0 atom stereocenters. The van der Waals surface area contributed by atoms with Crippen molar-refractivity contribution in [2.45, 2.75) is 6.92 Å². The molecule has 80 valence electrons. The molecule has 0 radical (unpaired) electrons. The average Bonchev–Trinajstić information content (AvgIpc) is 2.13. The Labute approximate surface area is 103 Å². The molecule has 1 rings (SSSR count). The van der Waals surface area contributed by atoms with Gasteiger partial charge in [0.15, 0.2) is 0 Å². The standard InChI is InChI=1S/C9H7Br2NO3/c1-5(12(14)15)2-6-3-7(10)9(13)8(11)4-6/h2-4,13H,1H3/b5-2+. The molecule has 0 saturated heterocycles. The van der Waals surface area contributed by atoms with Gasteiger partial charge in [-0.05, 0) is 49.6 Å². The molecular weight excluding hydrogens is 330 g/mol. The third kappa shape index (κ3) is 3.04. The molecular formula is C9H7Br2NO3. The minimum Gasteiger partial charge on any atom is -0.506 e. The lowest BCUT2D eigenvalue weighted by atomic mass is 10.2. The van der Waals surface area contributed by atoms with Crippen molar-refractivity contribution < 1.29 is 10.0 Å². The second-order valence-electron chi connectivity index (χ2n) is 2.88. The third-order valence-corrected chi connectivity index (χ3v) is 2.91. The molecule has 15 heavy (non-hydrogen) atoms. The topological polar surface area (TPSA) is 63.4 Å². The van der Waals surface area contributed by atoms with Crippen LogP contribution in [0.2, 0.25) is 0 Å². The molecule has 0 unspecified atom stereocenters. The van der Waals surface area contributed by atoms with Crippen molar-refractivity contribution in [3.8, 4) is 5.75 Å². The van der Waals surface area contributed by atoms with Gasteiger partial charge in [-0.3, -0.25) is 10.1 Å². The minimum absolute atomic E-state index is 0.0412. The van der Waals surface area contributed by atoms with Gasteiger partial charge in [0, 0.05) is 13.0 Å². The van der Waals surface area contributed by atoms with Gasteiger partial charge in [0.1, 0.15) is 5.75 Å². The van der Waals surface area contributed by atoms with Crippen LogP contribution in [-0.2, 0) is 0 Å². The largest absolute Gasteiger partial charge is 0.506 e. The maximum atomic E-state index is 10.4. The van der Waals surface area contributed by atoms with E-state index in [0.717, 1.165) is 0 Å². The normalized spacial score (nSPS) is 11.5. The number of rotatable bonds is 2. The number of benzene rings is 1. The van der Waals surface area contributed by atoms with E-state index in [2.05, 4.69) is 31.9 Å². The zero-order chi connectivity index (χ0) is 11.6. The summed E-state index contributed by atoms with van der Waals surface area (Å²) in [6.45, 7) is 1.41. The summed E-state index contributed by atoms with van der Waals surface area (Å²) in [6.07, 6.45) is 1.43. The van der Waals surface area contributed by atoms with E-state index in [1.165, 1.54) is 13.0 Å². The number of aromatic hydroxyl groups is 1. The first-order chi connectivity index (χ1) is 6.91. The minimum atomic E-state index is -0.464. The monoisotopic (exact) mass is 335 g/mol. The van der Waals surface area contributed by atoms with E-state index in [1.54, 1.807) is 12.1 Å². The van der Waals surface area contributed by atoms with Gasteiger partial charge in [-0.2, -0.15) is 0 Å². The molecule has 1 aromatic rings. The highest BCUT2D eigenvalue weighted by molar-refractivity contribution is 9.11. The number of hydrogen-bond acceptors (Lipinski definition) is 3. The number of hydrogen-bond donors (Lipinski definition) is 1. The number of phenols is 1. The molecule has 1 aromatic carbocycles. The van der Waals surface area contributed by atoms with Crippen LogP contribution in [0.3, 0.4) is 0 Å². The van der Waals surface area contributed by atoms with Crippen LogP contribution in [0.1, 0.15) is 12.5 Å². The molecule has 1 N–H and O–H groups in total. The maximum Gasteiger partial charge on any atom is 0.243 e.